The SMILES string of the molecule is CNCc1cnc(N2CCCC(C)CC2)c(C)c1. The third-order valence-electron chi connectivity index (χ3n) is 3.80. The number of anilines is 1. The van der Waals surface area contributed by atoms with Crippen molar-refractivity contribution in [3.05, 3.63) is 23.4 Å². The molecule has 0 saturated carbocycles. The Bertz CT molecular complexity index is 389. The zero-order chi connectivity index (χ0) is 13.0. The maximum absolute atomic E-state index is 4.67. The molecular formula is C15H25N3. The molecule has 1 aromatic heterocycles. The van der Waals surface area contributed by atoms with Crippen molar-refractivity contribution in [2.45, 2.75) is 39.7 Å². The molecule has 2 heterocycles. The summed E-state index contributed by atoms with van der Waals surface area (Å²) >= 11 is 0. The molecule has 1 aliphatic rings. The molecule has 1 aromatic rings. The van der Waals surface area contributed by atoms with Gasteiger partial charge >= 0.3 is 0 Å². The Kier molecular flexibility index (Phi) is 4.59. The van der Waals surface area contributed by atoms with Crippen LogP contribution in [0.5, 0.6) is 0 Å². The van der Waals surface area contributed by atoms with Crippen molar-refractivity contribution in [1.82, 2.24) is 10.3 Å². The summed E-state index contributed by atoms with van der Waals surface area (Å²) in [6, 6.07) is 2.26. The molecule has 1 unspecified atom stereocenters. The molecule has 3 nitrogen and oxygen atoms in total. The predicted octanol–water partition coefficient (Wildman–Crippen LogP) is 2.74. The normalized spacial score (nSPS) is 20.8. The molecular weight excluding hydrogens is 222 g/mol. The van der Waals surface area contributed by atoms with E-state index in [0.29, 0.717) is 0 Å². The molecule has 18 heavy (non-hydrogen) atoms. The predicted molar refractivity (Wildman–Crippen MR) is 77.0 cm³/mol. The van der Waals surface area contributed by atoms with Crippen molar-refractivity contribution in [2.75, 3.05) is 25.0 Å². The van der Waals surface area contributed by atoms with Crippen LogP contribution in [0.2, 0.25) is 0 Å². The lowest BCUT2D eigenvalue weighted by Gasteiger charge is -2.23. The summed E-state index contributed by atoms with van der Waals surface area (Å²) in [6.07, 6.45) is 5.94. The van der Waals surface area contributed by atoms with E-state index in [4.69, 9.17) is 0 Å². The van der Waals surface area contributed by atoms with Gasteiger partial charge in [-0.2, -0.15) is 0 Å². The molecule has 1 fully saturated rings. The Morgan fingerprint density at radius 2 is 2.22 bits per heavy atom. The van der Waals surface area contributed by atoms with Gasteiger partial charge in [0.2, 0.25) is 0 Å². The zero-order valence-electron chi connectivity index (χ0n) is 11.9. The van der Waals surface area contributed by atoms with Crippen LogP contribution < -0.4 is 10.2 Å². The van der Waals surface area contributed by atoms with Crippen LogP contribution in [-0.2, 0) is 6.54 Å². The quantitative estimate of drug-likeness (QED) is 0.890. The van der Waals surface area contributed by atoms with Gasteiger partial charge in [0.25, 0.3) is 0 Å². The average Bonchev–Trinajstić information content (AvgIpc) is 2.55. The average molecular weight is 247 g/mol. The molecule has 0 radical (unpaired) electrons. The Hall–Kier alpha value is -1.09. The molecule has 100 valence electrons. The van der Waals surface area contributed by atoms with E-state index in [9.17, 15) is 0 Å². The summed E-state index contributed by atoms with van der Waals surface area (Å²) in [6.45, 7) is 7.74. The van der Waals surface area contributed by atoms with Gasteiger partial charge in [-0.05, 0) is 56.3 Å². The van der Waals surface area contributed by atoms with E-state index in [1.165, 1.54) is 36.2 Å². The van der Waals surface area contributed by atoms with Crippen LogP contribution >= 0.6 is 0 Å². The Morgan fingerprint density at radius 1 is 1.39 bits per heavy atom. The zero-order valence-corrected chi connectivity index (χ0v) is 11.9. The van der Waals surface area contributed by atoms with Crippen LogP contribution in [0.4, 0.5) is 5.82 Å². The fourth-order valence-corrected chi connectivity index (χ4v) is 2.73. The molecule has 1 N–H and O–H groups in total. The number of hydrogen-bond acceptors (Lipinski definition) is 3. The molecule has 3 heteroatoms. The summed E-state index contributed by atoms with van der Waals surface area (Å²) in [5, 5.41) is 3.17. The molecule has 0 spiro atoms. The third kappa shape index (κ3) is 3.22. The first-order chi connectivity index (χ1) is 8.70. The number of hydrogen-bond donors (Lipinski definition) is 1. The van der Waals surface area contributed by atoms with Crippen LogP contribution in [0.1, 0.15) is 37.3 Å². The summed E-state index contributed by atoms with van der Waals surface area (Å²) in [5.41, 5.74) is 2.57. The lowest BCUT2D eigenvalue weighted by Crippen LogP contribution is -2.26. The highest BCUT2D eigenvalue weighted by Crippen LogP contribution is 2.23. The van der Waals surface area contributed by atoms with Crippen molar-refractivity contribution < 1.29 is 0 Å². The summed E-state index contributed by atoms with van der Waals surface area (Å²) in [5.74, 6) is 2.04. The van der Waals surface area contributed by atoms with Crippen LogP contribution in [0.3, 0.4) is 0 Å². The lowest BCUT2D eigenvalue weighted by molar-refractivity contribution is 0.521. The van der Waals surface area contributed by atoms with E-state index in [0.717, 1.165) is 25.6 Å². The van der Waals surface area contributed by atoms with Crippen molar-refractivity contribution in [3.8, 4) is 0 Å². The van der Waals surface area contributed by atoms with E-state index in [1.807, 2.05) is 13.2 Å². The van der Waals surface area contributed by atoms with Crippen molar-refractivity contribution in [2.24, 2.45) is 5.92 Å². The monoisotopic (exact) mass is 247 g/mol. The van der Waals surface area contributed by atoms with Gasteiger partial charge in [0, 0.05) is 25.8 Å². The van der Waals surface area contributed by atoms with E-state index in [1.54, 1.807) is 0 Å². The van der Waals surface area contributed by atoms with Crippen molar-refractivity contribution in [1.29, 1.82) is 0 Å². The molecule has 1 saturated heterocycles. The van der Waals surface area contributed by atoms with Gasteiger partial charge in [0.15, 0.2) is 0 Å². The second-order valence-electron chi connectivity index (χ2n) is 5.54. The van der Waals surface area contributed by atoms with E-state index >= 15 is 0 Å². The number of nitrogens with zero attached hydrogens (tertiary/aromatic N) is 2. The molecule has 1 aliphatic heterocycles. The minimum Gasteiger partial charge on any atom is -0.356 e. The van der Waals surface area contributed by atoms with Crippen LogP contribution in [0, 0.1) is 12.8 Å². The first-order valence-corrected chi connectivity index (χ1v) is 7.05. The van der Waals surface area contributed by atoms with Crippen LogP contribution in [0.15, 0.2) is 12.3 Å². The van der Waals surface area contributed by atoms with Crippen molar-refractivity contribution >= 4 is 5.82 Å². The standard InChI is InChI=1S/C15H25N3/c1-12-5-4-7-18(8-6-12)15-13(2)9-14(10-16-3)11-17-15/h9,11-12,16H,4-8,10H2,1-3H3. The minimum absolute atomic E-state index is 0.860. The van der Waals surface area contributed by atoms with Gasteiger partial charge in [-0.3, -0.25) is 0 Å². The van der Waals surface area contributed by atoms with Gasteiger partial charge in [0.05, 0.1) is 0 Å². The molecule has 2 rings (SSSR count). The maximum atomic E-state index is 4.67. The number of rotatable bonds is 3. The Labute approximate surface area is 111 Å². The molecule has 1 atom stereocenters. The number of aromatic nitrogens is 1. The lowest BCUT2D eigenvalue weighted by atomic mass is 10.0. The van der Waals surface area contributed by atoms with Gasteiger partial charge in [-0.15, -0.1) is 0 Å². The number of nitrogens with one attached hydrogen (secondary N) is 1. The summed E-state index contributed by atoms with van der Waals surface area (Å²) < 4.78 is 0. The topological polar surface area (TPSA) is 28.2 Å². The Morgan fingerprint density at radius 3 is 2.94 bits per heavy atom. The second-order valence-corrected chi connectivity index (χ2v) is 5.54. The molecule has 0 aliphatic carbocycles. The molecule has 0 aromatic carbocycles. The highest BCUT2D eigenvalue weighted by Gasteiger charge is 2.16. The van der Waals surface area contributed by atoms with Gasteiger partial charge in [-0.1, -0.05) is 6.92 Å². The van der Waals surface area contributed by atoms with E-state index < -0.39 is 0 Å². The largest absolute Gasteiger partial charge is 0.356 e. The second kappa shape index (κ2) is 6.19. The third-order valence-corrected chi connectivity index (χ3v) is 3.80. The van der Waals surface area contributed by atoms with E-state index in [2.05, 4.69) is 35.1 Å². The fourth-order valence-electron chi connectivity index (χ4n) is 2.73. The van der Waals surface area contributed by atoms with Gasteiger partial charge in [0.1, 0.15) is 5.82 Å². The summed E-state index contributed by atoms with van der Waals surface area (Å²) in [7, 11) is 1.97. The van der Waals surface area contributed by atoms with Gasteiger partial charge < -0.3 is 10.2 Å². The highest BCUT2D eigenvalue weighted by molar-refractivity contribution is 5.47. The first kappa shape index (κ1) is 13.3. The van der Waals surface area contributed by atoms with Crippen LogP contribution in [-0.4, -0.2) is 25.1 Å². The van der Waals surface area contributed by atoms with Crippen molar-refractivity contribution in [3.63, 3.8) is 0 Å². The minimum atomic E-state index is 0.860. The maximum Gasteiger partial charge on any atom is 0.131 e. The highest BCUT2D eigenvalue weighted by atomic mass is 15.2. The first-order valence-electron chi connectivity index (χ1n) is 7.05. The fraction of sp³-hybridized carbons (Fsp3) is 0.667. The smallest absolute Gasteiger partial charge is 0.131 e. The molecule has 0 bridgehead atoms. The summed E-state index contributed by atoms with van der Waals surface area (Å²) in [4.78, 5) is 7.13. The van der Waals surface area contributed by atoms with Crippen LogP contribution in [0.25, 0.3) is 0 Å². The number of aryl methyl sites for hydroxylation is 1. The Balaban J connectivity index is 2.12. The molecule has 0 amide bonds. The van der Waals surface area contributed by atoms with E-state index in [-0.39, 0.29) is 0 Å². The number of pyridine rings is 1. The van der Waals surface area contributed by atoms with Gasteiger partial charge in [-0.25, -0.2) is 4.98 Å².